The molecule has 8 rings (SSSR count). The van der Waals surface area contributed by atoms with Crippen LogP contribution in [0.3, 0.4) is 0 Å². The highest BCUT2D eigenvalue weighted by molar-refractivity contribution is 6.09. The summed E-state index contributed by atoms with van der Waals surface area (Å²) in [6.45, 7) is 5.13. The van der Waals surface area contributed by atoms with Crippen LogP contribution in [0.25, 0.3) is 0 Å². The summed E-state index contributed by atoms with van der Waals surface area (Å²) in [7, 11) is 0. The van der Waals surface area contributed by atoms with Crippen LogP contribution in [0.5, 0.6) is 0 Å². The Bertz CT molecular complexity index is 1690. The van der Waals surface area contributed by atoms with Crippen LogP contribution in [-0.4, -0.2) is 98.2 Å². The molecule has 4 N–H and O–H groups in total. The minimum atomic E-state index is -2.85. The average molecular weight is 637 g/mol. The average Bonchev–Trinajstić information content (AvgIpc) is 3.72. The van der Waals surface area contributed by atoms with Crippen molar-refractivity contribution in [3.05, 3.63) is 71.3 Å². The Labute approximate surface area is 262 Å². The zero-order valence-electron chi connectivity index (χ0n) is 25.0. The molecule has 2 spiro atoms. The van der Waals surface area contributed by atoms with Gasteiger partial charge in [-0.25, -0.2) is 14.4 Å². The van der Waals surface area contributed by atoms with Crippen molar-refractivity contribution in [1.82, 2.24) is 0 Å². The monoisotopic (exact) mass is 636 g/mol. The molecular formula is C33H32O13. The molecule has 4 saturated heterocycles. The number of carbonyl (C=O) groups is 4. The molecule has 2 aromatic rings. The van der Waals surface area contributed by atoms with E-state index in [9.17, 15) is 39.6 Å². The van der Waals surface area contributed by atoms with Gasteiger partial charge in [-0.2, -0.15) is 0 Å². The molecule has 13 nitrogen and oxygen atoms in total. The molecule has 12 atom stereocenters. The molecular weight excluding hydrogens is 604 g/mol. The van der Waals surface area contributed by atoms with Crippen molar-refractivity contribution in [2.45, 2.75) is 81.5 Å². The van der Waals surface area contributed by atoms with Crippen LogP contribution in [0, 0.1) is 22.2 Å². The number of aliphatic hydroxyl groups is 4. The van der Waals surface area contributed by atoms with Gasteiger partial charge in [0.15, 0.2) is 29.7 Å². The molecule has 6 aliphatic rings. The van der Waals surface area contributed by atoms with E-state index in [2.05, 4.69) is 0 Å². The Morgan fingerprint density at radius 3 is 2.17 bits per heavy atom. The van der Waals surface area contributed by atoms with Gasteiger partial charge in [-0.05, 0) is 11.0 Å². The summed E-state index contributed by atoms with van der Waals surface area (Å²) in [5.41, 5.74) is -8.94. The first-order valence-corrected chi connectivity index (χ1v) is 15.1. The number of ketones is 1. The van der Waals surface area contributed by atoms with Gasteiger partial charge in [0.2, 0.25) is 11.9 Å². The molecule has 2 aliphatic carbocycles. The molecule has 0 amide bonds. The first-order chi connectivity index (χ1) is 21.7. The third-order valence-corrected chi connectivity index (χ3v) is 11.2. The molecule has 4 heterocycles. The van der Waals surface area contributed by atoms with E-state index in [1.165, 1.54) is 0 Å². The minimum Gasteiger partial charge on any atom is -0.456 e. The summed E-state index contributed by atoms with van der Waals surface area (Å²) in [5.74, 6) is -4.63. The molecule has 0 radical (unpaired) electrons. The largest absolute Gasteiger partial charge is 0.456 e. The maximum atomic E-state index is 13.9. The third-order valence-electron chi connectivity index (χ3n) is 11.2. The quantitative estimate of drug-likeness (QED) is 0.191. The normalized spacial score (nSPS) is 44.7. The van der Waals surface area contributed by atoms with Crippen molar-refractivity contribution in [3.63, 3.8) is 0 Å². The number of rotatable bonds is 5. The topological polar surface area (TPSA) is 195 Å². The predicted molar refractivity (Wildman–Crippen MR) is 149 cm³/mol. The molecule has 6 fully saturated rings. The summed E-state index contributed by atoms with van der Waals surface area (Å²) < 4.78 is 29.2. The summed E-state index contributed by atoms with van der Waals surface area (Å²) in [5, 5.41) is 47.0. The van der Waals surface area contributed by atoms with Crippen molar-refractivity contribution in [1.29, 1.82) is 0 Å². The second-order valence-electron chi connectivity index (χ2n) is 14.1. The fraction of sp³-hybridized carbons (Fsp3) is 0.515. The maximum absolute atomic E-state index is 13.9. The van der Waals surface area contributed by atoms with E-state index in [0.717, 1.165) is 0 Å². The van der Waals surface area contributed by atoms with Gasteiger partial charge in [-0.1, -0.05) is 75.4 Å². The van der Waals surface area contributed by atoms with Crippen LogP contribution in [0.4, 0.5) is 0 Å². The Kier molecular flexibility index (Phi) is 5.80. The Hall–Kier alpha value is -3.72. The van der Waals surface area contributed by atoms with Gasteiger partial charge in [-0.3, -0.25) is 4.79 Å². The number of hydrogen-bond acceptors (Lipinski definition) is 13. The van der Waals surface area contributed by atoms with Crippen LogP contribution in [0.1, 0.15) is 42.3 Å². The summed E-state index contributed by atoms with van der Waals surface area (Å²) >= 11 is 0. The van der Waals surface area contributed by atoms with E-state index in [1.807, 2.05) is 6.07 Å². The van der Waals surface area contributed by atoms with Gasteiger partial charge in [0, 0.05) is 17.0 Å². The van der Waals surface area contributed by atoms with Crippen molar-refractivity contribution in [3.8, 4) is 0 Å². The van der Waals surface area contributed by atoms with Gasteiger partial charge in [-0.15, -0.1) is 0 Å². The van der Waals surface area contributed by atoms with Crippen LogP contribution in [0.2, 0.25) is 0 Å². The number of ether oxygens (including phenoxy) is 5. The Morgan fingerprint density at radius 2 is 1.52 bits per heavy atom. The summed E-state index contributed by atoms with van der Waals surface area (Å²) in [6, 6.07) is 15.3. The van der Waals surface area contributed by atoms with Crippen LogP contribution < -0.4 is 0 Å². The highest BCUT2D eigenvalue weighted by atomic mass is 16.8. The molecule has 0 bridgehead atoms. The zero-order chi connectivity index (χ0) is 32.8. The lowest BCUT2D eigenvalue weighted by molar-refractivity contribution is -0.246. The number of carbonyl (C=O) groups excluding carboxylic acids is 4. The van der Waals surface area contributed by atoms with Crippen molar-refractivity contribution in [2.75, 3.05) is 0 Å². The van der Waals surface area contributed by atoms with Crippen molar-refractivity contribution < 1.29 is 63.3 Å². The van der Waals surface area contributed by atoms with Crippen LogP contribution in [-0.2, 0) is 44.7 Å². The van der Waals surface area contributed by atoms with E-state index in [1.54, 1.807) is 69.3 Å². The maximum Gasteiger partial charge on any atom is 0.343 e. The first-order valence-electron chi connectivity index (χ1n) is 15.1. The Balaban J connectivity index is 1.23. The van der Waals surface area contributed by atoms with E-state index in [0.29, 0.717) is 16.7 Å². The van der Waals surface area contributed by atoms with E-state index < -0.39 is 94.2 Å². The second kappa shape index (κ2) is 9.00. The highest BCUT2D eigenvalue weighted by Crippen LogP contribution is 2.84. The molecule has 2 saturated carbocycles. The lowest BCUT2D eigenvalue weighted by Gasteiger charge is -2.48. The van der Waals surface area contributed by atoms with E-state index >= 15 is 0 Å². The number of hydrogen-bond donors (Lipinski definition) is 4. The second-order valence-corrected chi connectivity index (χ2v) is 14.1. The lowest BCUT2D eigenvalue weighted by atomic mass is 9.51. The smallest absolute Gasteiger partial charge is 0.343 e. The fourth-order valence-electron chi connectivity index (χ4n) is 9.89. The first kappa shape index (κ1) is 29.7. The molecule has 4 aliphatic heterocycles. The summed E-state index contributed by atoms with van der Waals surface area (Å²) in [4.78, 5) is 53.0. The summed E-state index contributed by atoms with van der Waals surface area (Å²) in [6.07, 6.45) is -12.5. The number of aliphatic hydroxyl groups excluding tert-OH is 3. The molecule has 242 valence electrons. The SMILES string of the molecule is CC(C)(C)[C@@H]1[C@@H](O)C2OC(=O)C34OC5OC(=O)[C@H](OCc6ccc(C(=O)c7ccccc7)cc6)C51C23[C@H](O)C1OC(=O)[C@@H](O)[C@@]14O. The van der Waals surface area contributed by atoms with Gasteiger partial charge in [0.25, 0.3) is 0 Å². The molecule has 2 aromatic carbocycles. The molecule has 13 heteroatoms. The predicted octanol–water partition coefficient (Wildman–Crippen LogP) is -0.218. The van der Waals surface area contributed by atoms with Gasteiger partial charge < -0.3 is 44.1 Å². The van der Waals surface area contributed by atoms with Gasteiger partial charge in [0.05, 0.1) is 23.5 Å². The van der Waals surface area contributed by atoms with E-state index in [-0.39, 0.29) is 12.4 Å². The third kappa shape index (κ3) is 2.94. The molecule has 6 unspecified atom stereocenters. The zero-order valence-corrected chi connectivity index (χ0v) is 25.0. The molecule has 0 aromatic heterocycles. The van der Waals surface area contributed by atoms with Crippen molar-refractivity contribution in [2.24, 2.45) is 22.2 Å². The van der Waals surface area contributed by atoms with Gasteiger partial charge >= 0.3 is 17.9 Å². The lowest BCUT2D eigenvalue weighted by Crippen LogP contribution is -2.69. The minimum absolute atomic E-state index is 0.181. The number of esters is 3. The van der Waals surface area contributed by atoms with Crippen LogP contribution >= 0.6 is 0 Å². The number of fused-ring (bicyclic) bond motifs is 1. The number of benzene rings is 2. The van der Waals surface area contributed by atoms with Gasteiger partial charge in [0.1, 0.15) is 12.2 Å². The Morgan fingerprint density at radius 1 is 0.870 bits per heavy atom. The van der Waals surface area contributed by atoms with Crippen LogP contribution in [0.15, 0.2) is 54.6 Å². The highest BCUT2D eigenvalue weighted by Gasteiger charge is 3.05. The molecule has 46 heavy (non-hydrogen) atoms. The fourth-order valence-corrected chi connectivity index (χ4v) is 9.89. The standard InChI is InChI=1S/C33H32O13/c1-29(2,3)19-18(35)22-31-20(36)23-32(41,21(37)25(38)43-23)33(31,27(40)44-22)46-28-30(19,31)24(26(39)45-28)42-13-14-9-11-16(12-10-14)17(34)15-7-5-4-6-8-15/h4-12,18-24,28,35-37,41H,13H2,1-3H3/t18-,19+,20-,21-,22?,23?,24+,28?,30?,31?,32-,33?/m1/s1. The van der Waals surface area contributed by atoms with E-state index in [4.69, 9.17) is 23.7 Å². The van der Waals surface area contributed by atoms with Crippen molar-refractivity contribution >= 4 is 23.7 Å².